The van der Waals surface area contributed by atoms with Gasteiger partial charge in [0.25, 0.3) is 11.8 Å². The second kappa shape index (κ2) is 20.7. The number of carbonyl (C=O) groups excluding carboxylic acids is 6. The second-order valence-electron chi connectivity index (χ2n) is 15.8. The number of unbranched alkanes of at least 4 members (excludes halogenated alkanes) is 1. The summed E-state index contributed by atoms with van der Waals surface area (Å²) >= 11 is 0. The first kappa shape index (κ1) is 44.3. The molecule has 2 heterocycles. The molecule has 3 aromatic rings. The molecular weight excluding hydrogens is 761 g/mol. The van der Waals surface area contributed by atoms with Crippen molar-refractivity contribution < 1.29 is 43.3 Å². The van der Waals surface area contributed by atoms with Gasteiger partial charge in [0.15, 0.2) is 0 Å². The zero-order valence-electron chi connectivity index (χ0n) is 33.9. The van der Waals surface area contributed by atoms with Crippen LogP contribution in [-0.4, -0.2) is 98.8 Å². The molecule has 2 aliphatic rings. The number of nitrogens with zero attached hydrogens (tertiary/aromatic N) is 4. The van der Waals surface area contributed by atoms with E-state index in [0.29, 0.717) is 30.7 Å². The van der Waals surface area contributed by atoms with Crippen LogP contribution in [-0.2, 0) is 36.1 Å². The molecule has 17 nitrogen and oxygen atoms in total. The zero-order chi connectivity index (χ0) is 42.5. The van der Waals surface area contributed by atoms with E-state index in [4.69, 9.17) is 15.2 Å². The fraction of sp³-hybridized carbons (Fsp3) is 0.524. The fourth-order valence-corrected chi connectivity index (χ4v) is 7.83. The molecular formula is C42H56N8O9. The van der Waals surface area contributed by atoms with Gasteiger partial charge in [-0.25, -0.2) is 9.48 Å². The maximum absolute atomic E-state index is 14.8. The average molecular weight is 817 g/mol. The summed E-state index contributed by atoms with van der Waals surface area (Å²) in [4.78, 5) is 81.7. The van der Waals surface area contributed by atoms with Gasteiger partial charge in [0.1, 0.15) is 30.0 Å². The number of methoxy groups -OCH3 is 1. The Kier molecular flexibility index (Phi) is 15.6. The van der Waals surface area contributed by atoms with E-state index in [1.165, 1.54) is 22.9 Å². The number of nitrogens with two attached hydrogens (primary N) is 1. The molecule has 0 spiro atoms. The highest BCUT2D eigenvalue weighted by atomic mass is 16.5. The van der Waals surface area contributed by atoms with Crippen LogP contribution in [0.1, 0.15) is 106 Å². The van der Waals surface area contributed by atoms with Gasteiger partial charge in [-0.2, -0.15) is 0 Å². The summed E-state index contributed by atoms with van der Waals surface area (Å²) in [7, 11) is 1.45. The van der Waals surface area contributed by atoms with E-state index in [-0.39, 0.29) is 44.0 Å². The predicted octanol–water partition coefficient (Wildman–Crippen LogP) is 3.06. The second-order valence-corrected chi connectivity index (χ2v) is 15.8. The number of hydrogen-bond donors (Lipinski definition) is 5. The molecule has 5 rings (SSSR count). The van der Waals surface area contributed by atoms with E-state index < -0.39 is 65.3 Å². The Morgan fingerprint density at radius 2 is 1.66 bits per heavy atom. The fourth-order valence-electron chi connectivity index (χ4n) is 7.83. The van der Waals surface area contributed by atoms with Gasteiger partial charge in [-0.05, 0) is 63.1 Å². The van der Waals surface area contributed by atoms with Gasteiger partial charge in [0.05, 0.1) is 36.6 Å². The number of para-hydroxylation sites is 1. The normalized spacial score (nSPS) is 18.0. The van der Waals surface area contributed by atoms with Crippen LogP contribution in [0.3, 0.4) is 0 Å². The summed E-state index contributed by atoms with van der Waals surface area (Å²) in [5, 5.41) is 27.4. The maximum atomic E-state index is 14.8. The number of aromatic nitrogens is 3. The van der Waals surface area contributed by atoms with Crippen molar-refractivity contribution in [1.29, 1.82) is 0 Å². The van der Waals surface area contributed by atoms with Gasteiger partial charge >= 0.3 is 6.09 Å². The lowest BCUT2D eigenvalue weighted by molar-refractivity contribution is -0.142. The lowest BCUT2D eigenvalue weighted by Crippen LogP contribution is -2.56. The van der Waals surface area contributed by atoms with Crippen molar-refractivity contribution >= 4 is 35.5 Å². The van der Waals surface area contributed by atoms with Gasteiger partial charge in [-0.15, -0.1) is 5.10 Å². The molecule has 2 aromatic carbocycles. The molecule has 5 amide bonds. The lowest BCUT2D eigenvalue weighted by Gasteiger charge is -2.32. The van der Waals surface area contributed by atoms with Crippen LogP contribution in [0, 0.1) is 5.92 Å². The Balaban J connectivity index is 1.34. The van der Waals surface area contributed by atoms with E-state index in [0.717, 1.165) is 37.7 Å². The lowest BCUT2D eigenvalue weighted by atomic mass is 9.84. The monoisotopic (exact) mass is 816 g/mol. The molecule has 1 aliphatic heterocycles. The number of hydrogen-bond acceptors (Lipinski definition) is 11. The third-order valence-electron chi connectivity index (χ3n) is 10.9. The third-order valence-corrected chi connectivity index (χ3v) is 10.9. The van der Waals surface area contributed by atoms with Crippen LogP contribution in [0.15, 0.2) is 60.8 Å². The standard InChI is InChI=1S/C42H56N8O9/c1-42(2,57)35-24-45-48-50(35)29-23-33(39(54)46-31(36(51)37(43)52)19-12-13-21-44-41(56)59-26-28-16-8-5-9-17-28)49(25-29)40(55)32(22-27-14-6-4-7-15-27)47-38(53)30-18-10-11-20-34(30)58-3/h5,8-11,16-18,20,24,27,29,31-33,57H,4,6-7,12-15,19,21-23,25-26H2,1-3H3,(H2,43,52)(H,44,56)(H,46,54)(H,47,53)/t29-,31?,32+,33-/m0/s1. The number of primary amides is 1. The minimum absolute atomic E-state index is 0.0174. The minimum Gasteiger partial charge on any atom is -0.496 e. The average Bonchev–Trinajstić information content (AvgIpc) is 3.91. The summed E-state index contributed by atoms with van der Waals surface area (Å²) in [6.45, 7) is 3.41. The third kappa shape index (κ3) is 12.1. The summed E-state index contributed by atoms with van der Waals surface area (Å²) in [5.74, 6) is -3.49. The Bertz CT molecular complexity index is 1930. The highest BCUT2D eigenvalue weighted by Gasteiger charge is 2.45. The van der Waals surface area contributed by atoms with Crippen LogP contribution < -0.4 is 26.4 Å². The predicted molar refractivity (Wildman–Crippen MR) is 214 cm³/mol. The SMILES string of the molecule is COc1ccccc1C(=O)N[C@H](CC1CCCCC1)C(=O)N1C[C@@H](n2nncc2C(C)(C)O)C[C@H]1C(=O)NC(CCCCNC(=O)OCc1ccccc1)C(=O)C(N)=O. The summed E-state index contributed by atoms with van der Waals surface area (Å²) in [5.41, 5.74) is 5.48. The van der Waals surface area contributed by atoms with Crippen molar-refractivity contribution in [1.82, 2.24) is 35.8 Å². The number of benzene rings is 2. The number of carbonyl (C=O) groups is 6. The Labute approximate surface area is 343 Å². The molecule has 6 N–H and O–H groups in total. The first-order chi connectivity index (χ1) is 28.3. The van der Waals surface area contributed by atoms with Crippen molar-refractivity contribution in [2.75, 3.05) is 20.2 Å². The Morgan fingerprint density at radius 1 is 0.949 bits per heavy atom. The highest BCUT2D eigenvalue weighted by Crippen LogP contribution is 2.34. The summed E-state index contributed by atoms with van der Waals surface area (Å²) in [6.07, 6.45) is 6.72. The van der Waals surface area contributed by atoms with Gasteiger partial charge in [-0.1, -0.05) is 79.8 Å². The number of nitrogens with one attached hydrogen (secondary N) is 3. The van der Waals surface area contributed by atoms with Crippen molar-refractivity contribution in [3.05, 3.63) is 77.6 Å². The number of alkyl carbamates (subject to hydrolysis) is 1. The van der Waals surface area contributed by atoms with Crippen molar-refractivity contribution in [2.45, 2.75) is 114 Å². The van der Waals surface area contributed by atoms with Crippen LogP contribution in [0.4, 0.5) is 4.79 Å². The minimum atomic E-state index is -1.36. The quantitative estimate of drug-likeness (QED) is 0.0871. The molecule has 2 fully saturated rings. The molecule has 318 valence electrons. The Morgan fingerprint density at radius 3 is 2.36 bits per heavy atom. The molecule has 4 atom stereocenters. The van der Waals surface area contributed by atoms with E-state index in [2.05, 4.69) is 26.3 Å². The first-order valence-electron chi connectivity index (χ1n) is 20.2. The van der Waals surface area contributed by atoms with E-state index in [9.17, 15) is 33.9 Å². The Hall–Kier alpha value is -5.84. The van der Waals surface area contributed by atoms with Gasteiger partial charge in [0, 0.05) is 19.5 Å². The van der Waals surface area contributed by atoms with Crippen LogP contribution in [0.2, 0.25) is 0 Å². The molecule has 1 aliphatic carbocycles. The molecule has 59 heavy (non-hydrogen) atoms. The van der Waals surface area contributed by atoms with Crippen molar-refractivity contribution in [3.63, 3.8) is 0 Å². The van der Waals surface area contributed by atoms with Gasteiger partial charge in [-0.3, -0.25) is 24.0 Å². The summed E-state index contributed by atoms with van der Waals surface area (Å²) in [6, 6.07) is 11.7. The maximum Gasteiger partial charge on any atom is 0.407 e. The number of Topliss-reactive ketones (excluding diaryl/α,β-unsaturated/α-hetero) is 1. The summed E-state index contributed by atoms with van der Waals surface area (Å²) < 4.78 is 12.1. The van der Waals surface area contributed by atoms with Crippen LogP contribution >= 0.6 is 0 Å². The molecule has 0 bridgehead atoms. The number of rotatable bonds is 19. The number of aliphatic hydroxyl groups is 1. The number of ether oxygens (including phenoxy) is 2. The topological polar surface area (TPSA) is 237 Å². The largest absolute Gasteiger partial charge is 0.496 e. The first-order valence-corrected chi connectivity index (χ1v) is 20.2. The molecule has 1 unspecified atom stereocenters. The number of amides is 5. The zero-order valence-corrected chi connectivity index (χ0v) is 33.9. The molecule has 1 aromatic heterocycles. The van der Waals surface area contributed by atoms with E-state index in [1.54, 1.807) is 38.1 Å². The van der Waals surface area contributed by atoms with Crippen LogP contribution in [0.25, 0.3) is 0 Å². The van der Waals surface area contributed by atoms with Crippen LogP contribution in [0.5, 0.6) is 5.75 Å². The van der Waals surface area contributed by atoms with Crippen molar-refractivity contribution in [2.24, 2.45) is 11.7 Å². The van der Waals surface area contributed by atoms with Gasteiger partial charge in [0.2, 0.25) is 17.6 Å². The van der Waals surface area contributed by atoms with Gasteiger partial charge < -0.3 is 41.2 Å². The van der Waals surface area contributed by atoms with E-state index >= 15 is 0 Å². The number of ketones is 1. The molecule has 1 saturated carbocycles. The highest BCUT2D eigenvalue weighted by molar-refractivity contribution is 6.37. The van der Waals surface area contributed by atoms with E-state index in [1.807, 2.05) is 30.3 Å². The smallest absolute Gasteiger partial charge is 0.407 e. The molecule has 17 heteroatoms. The molecule has 0 radical (unpaired) electrons. The van der Waals surface area contributed by atoms with Crippen molar-refractivity contribution in [3.8, 4) is 5.75 Å². The number of likely N-dealkylation sites (tertiary alicyclic amines) is 1. The molecule has 1 saturated heterocycles.